The van der Waals surface area contributed by atoms with Gasteiger partial charge < -0.3 is 10.8 Å². The summed E-state index contributed by atoms with van der Waals surface area (Å²) in [6.45, 7) is 0. The molecule has 0 aliphatic rings. The van der Waals surface area contributed by atoms with Crippen LogP contribution in [0.25, 0.3) is 11.3 Å². The smallest absolute Gasteiger partial charge is 0.356 e. The zero-order valence-corrected chi connectivity index (χ0v) is 11.3. The first kappa shape index (κ1) is 14.9. The first-order chi connectivity index (χ1) is 9.70. The highest BCUT2D eigenvalue weighted by molar-refractivity contribution is 7.89. The largest absolute Gasteiger partial charge is 0.476 e. The number of carbonyl (C=O) groups is 1. The molecular weight excluding hydrogens is 301 g/mol. The normalized spacial score (nSPS) is 11.3. The van der Waals surface area contributed by atoms with Gasteiger partial charge >= 0.3 is 5.97 Å². The first-order valence-electron chi connectivity index (χ1n) is 5.52. The van der Waals surface area contributed by atoms with Gasteiger partial charge in [0.25, 0.3) is 0 Å². The molecule has 0 bridgehead atoms. The Balaban J connectivity index is 2.67. The zero-order chi connectivity index (χ0) is 15.8. The van der Waals surface area contributed by atoms with E-state index in [2.05, 4.69) is 4.98 Å². The van der Waals surface area contributed by atoms with Gasteiger partial charge in [-0.05, 0) is 12.1 Å². The van der Waals surface area contributed by atoms with Crippen LogP contribution in [0.2, 0.25) is 0 Å². The molecule has 7 nitrogen and oxygen atoms in total. The molecule has 0 amide bonds. The minimum absolute atomic E-state index is 0.0709. The molecule has 0 atom stereocenters. The fourth-order valence-corrected chi connectivity index (χ4v) is 2.26. The van der Waals surface area contributed by atoms with Gasteiger partial charge in [0.15, 0.2) is 11.5 Å². The highest BCUT2D eigenvalue weighted by Crippen LogP contribution is 2.25. The Morgan fingerprint density at radius 2 is 1.95 bits per heavy atom. The molecular formula is C12H10FN3O4S. The van der Waals surface area contributed by atoms with Crippen LogP contribution < -0.4 is 10.9 Å². The average Bonchev–Trinajstić information content (AvgIpc) is 2.37. The standard InChI is InChI=1S/C12H10FN3O4S/c13-8-5-9(14)11(12(17)18)16-10(8)6-2-1-3-7(4-6)21(15,19)20/h1-5H,14H2,(H,17,18)(H2,15,19,20). The van der Waals surface area contributed by atoms with Gasteiger partial charge in [0.05, 0.1) is 10.6 Å². The number of primary sulfonamides is 1. The highest BCUT2D eigenvalue weighted by atomic mass is 32.2. The predicted octanol–water partition coefficient (Wildman–Crippen LogP) is 0.816. The van der Waals surface area contributed by atoms with Crippen molar-refractivity contribution < 1.29 is 22.7 Å². The molecule has 1 heterocycles. The number of halogens is 1. The predicted molar refractivity (Wildman–Crippen MR) is 72.4 cm³/mol. The Bertz CT molecular complexity index is 836. The van der Waals surface area contributed by atoms with E-state index in [0.717, 1.165) is 12.1 Å². The molecule has 5 N–H and O–H groups in total. The van der Waals surface area contributed by atoms with Crippen molar-refractivity contribution in [1.82, 2.24) is 4.98 Å². The van der Waals surface area contributed by atoms with Gasteiger partial charge in [0.1, 0.15) is 5.69 Å². The number of nitrogens with two attached hydrogens (primary N) is 2. The van der Waals surface area contributed by atoms with Crippen LogP contribution in [0, 0.1) is 5.82 Å². The second-order valence-electron chi connectivity index (χ2n) is 4.13. The minimum Gasteiger partial charge on any atom is -0.476 e. The lowest BCUT2D eigenvalue weighted by Crippen LogP contribution is -2.12. The second kappa shape index (κ2) is 5.11. The van der Waals surface area contributed by atoms with Crippen molar-refractivity contribution in [2.75, 3.05) is 5.73 Å². The van der Waals surface area contributed by atoms with Gasteiger partial charge in [-0.1, -0.05) is 12.1 Å². The number of nitrogen functional groups attached to an aromatic ring is 1. The molecule has 0 saturated carbocycles. The summed E-state index contributed by atoms with van der Waals surface area (Å²) in [7, 11) is -3.97. The Labute approximate surface area is 119 Å². The third-order valence-electron chi connectivity index (χ3n) is 2.64. The maximum Gasteiger partial charge on any atom is 0.356 e. The van der Waals surface area contributed by atoms with Crippen LogP contribution in [-0.2, 0) is 10.0 Å². The number of hydrogen-bond donors (Lipinski definition) is 3. The molecule has 0 radical (unpaired) electrons. The van der Waals surface area contributed by atoms with Crippen LogP contribution in [0.5, 0.6) is 0 Å². The van der Waals surface area contributed by atoms with Crippen LogP contribution in [-0.4, -0.2) is 24.5 Å². The number of benzene rings is 1. The third-order valence-corrected chi connectivity index (χ3v) is 3.56. The van der Waals surface area contributed by atoms with Crippen LogP contribution in [0.1, 0.15) is 10.5 Å². The summed E-state index contributed by atoms with van der Waals surface area (Å²) in [5.41, 5.74) is 4.26. The quantitative estimate of drug-likeness (QED) is 0.767. The van der Waals surface area contributed by atoms with Crippen molar-refractivity contribution in [3.8, 4) is 11.3 Å². The van der Waals surface area contributed by atoms with Crippen LogP contribution in [0.4, 0.5) is 10.1 Å². The number of aromatic nitrogens is 1. The summed E-state index contributed by atoms with van der Waals surface area (Å²) in [6, 6.07) is 5.86. The molecule has 21 heavy (non-hydrogen) atoms. The SMILES string of the molecule is Nc1cc(F)c(-c2cccc(S(N)(=O)=O)c2)nc1C(=O)O. The molecule has 0 spiro atoms. The number of sulfonamides is 1. The Morgan fingerprint density at radius 1 is 1.29 bits per heavy atom. The van der Waals surface area contributed by atoms with Gasteiger partial charge in [-0.2, -0.15) is 0 Å². The van der Waals surface area contributed by atoms with Crippen molar-refractivity contribution in [2.24, 2.45) is 5.14 Å². The van der Waals surface area contributed by atoms with Gasteiger partial charge in [0, 0.05) is 11.6 Å². The lowest BCUT2D eigenvalue weighted by molar-refractivity contribution is 0.0692. The number of hydrogen-bond acceptors (Lipinski definition) is 5. The van der Waals surface area contributed by atoms with Gasteiger partial charge in [-0.15, -0.1) is 0 Å². The summed E-state index contributed by atoms with van der Waals surface area (Å²) in [4.78, 5) is 14.4. The maximum absolute atomic E-state index is 13.9. The monoisotopic (exact) mass is 311 g/mol. The van der Waals surface area contributed by atoms with Crippen molar-refractivity contribution in [1.29, 1.82) is 0 Å². The number of aromatic carboxylic acids is 1. The first-order valence-corrected chi connectivity index (χ1v) is 7.07. The molecule has 1 aromatic carbocycles. The van der Waals surface area contributed by atoms with Gasteiger partial charge in [-0.3, -0.25) is 0 Å². The van der Waals surface area contributed by atoms with Crippen molar-refractivity contribution in [3.05, 3.63) is 41.8 Å². The minimum atomic E-state index is -3.97. The molecule has 2 rings (SSSR count). The summed E-state index contributed by atoms with van der Waals surface area (Å²) in [5.74, 6) is -2.29. The Kier molecular flexibility index (Phi) is 3.62. The molecule has 0 unspecified atom stereocenters. The van der Waals surface area contributed by atoms with E-state index in [-0.39, 0.29) is 21.8 Å². The molecule has 0 saturated heterocycles. The van der Waals surface area contributed by atoms with E-state index in [9.17, 15) is 17.6 Å². The number of carboxylic acids is 1. The molecule has 0 aliphatic carbocycles. The molecule has 0 fully saturated rings. The summed E-state index contributed by atoms with van der Waals surface area (Å²) in [5, 5.41) is 13.9. The fraction of sp³-hybridized carbons (Fsp3) is 0. The van der Waals surface area contributed by atoms with Crippen LogP contribution in [0.15, 0.2) is 35.2 Å². The molecule has 1 aromatic heterocycles. The Morgan fingerprint density at radius 3 is 2.52 bits per heavy atom. The molecule has 9 heteroatoms. The summed E-state index contributed by atoms with van der Waals surface area (Å²) < 4.78 is 36.5. The average molecular weight is 311 g/mol. The zero-order valence-electron chi connectivity index (χ0n) is 10.4. The second-order valence-corrected chi connectivity index (χ2v) is 5.70. The van der Waals surface area contributed by atoms with Crippen LogP contribution in [0.3, 0.4) is 0 Å². The summed E-state index contributed by atoms with van der Waals surface area (Å²) >= 11 is 0. The topological polar surface area (TPSA) is 136 Å². The number of rotatable bonds is 3. The van der Waals surface area contributed by atoms with E-state index in [4.69, 9.17) is 16.0 Å². The van der Waals surface area contributed by atoms with E-state index in [1.165, 1.54) is 18.2 Å². The van der Waals surface area contributed by atoms with E-state index >= 15 is 0 Å². The number of pyridine rings is 1. The lowest BCUT2D eigenvalue weighted by Gasteiger charge is -2.07. The summed E-state index contributed by atoms with van der Waals surface area (Å²) in [6.07, 6.45) is 0. The number of anilines is 1. The molecule has 2 aromatic rings. The van der Waals surface area contributed by atoms with Crippen molar-refractivity contribution >= 4 is 21.7 Å². The van der Waals surface area contributed by atoms with Crippen molar-refractivity contribution in [3.63, 3.8) is 0 Å². The molecule has 110 valence electrons. The third kappa shape index (κ3) is 2.98. The van der Waals surface area contributed by atoms with E-state index in [1.54, 1.807) is 0 Å². The lowest BCUT2D eigenvalue weighted by atomic mass is 10.1. The van der Waals surface area contributed by atoms with Gasteiger partial charge in [0.2, 0.25) is 10.0 Å². The van der Waals surface area contributed by atoms with Gasteiger partial charge in [-0.25, -0.2) is 27.7 Å². The highest BCUT2D eigenvalue weighted by Gasteiger charge is 2.17. The van der Waals surface area contributed by atoms with E-state index in [1.807, 2.05) is 0 Å². The van der Waals surface area contributed by atoms with Crippen molar-refractivity contribution in [2.45, 2.75) is 4.90 Å². The van der Waals surface area contributed by atoms with Crippen LogP contribution >= 0.6 is 0 Å². The number of carboxylic acid groups (broad SMARTS) is 1. The van der Waals surface area contributed by atoms with E-state index in [0.29, 0.717) is 0 Å². The number of nitrogens with zero attached hydrogens (tertiary/aromatic N) is 1. The Hall–Kier alpha value is -2.52. The maximum atomic E-state index is 13.9. The van der Waals surface area contributed by atoms with E-state index < -0.39 is 27.5 Å². The fourth-order valence-electron chi connectivity index (χ4n) is 1.70. The molecule has 0 aliphatic heterocycles.